The van der Waals surface area contributed by atoms with Crippen LogP contribution in [0.2, 0.25) is 0 Å². The zero-order valence-corrected chi connectivity index (χ0v) is 35.2. The molecule has 314 valence electrons. The van der Waals surface area contributed by atoms with Crippen molar-refractivity contribution in [3.8, 4) is 0 Å². The van der Waals surface area contributed by atoms with Gasteiger partial charge in [-0.1, -0.05) is 76.8 Å². The summed E-state index contributed by atoms with van der Waals surface area (Å²) >= 11 is 3.47. The molecular weight excluding hydrogens is 769 g/mol. The molecule has 0 bridgehead atoms. The smallest absolute Gasteiger partial charge is 0.407 e. The molecule has 4 fully saturated rings. The second kappa shape index (κ2) is 21.3. The summed E-state index contributed by atoms with van der Waals surface area (Å²) in [5, 5.41) is 10.8. The first-order valence-corrected chi connectivity index (χ1v) is 22.7. The molecule has 1 aromatic rings. The first kappa shape index (κ1) is 44.3. The lowest BCUT2D eigenvalue weighted by Crippen LogP contribution is -2.58. The van der Waals surface area contributed by atoms with Gasteiger partial charge in [-0.25, -0.2) is 4.79 Å². The summed E-state index contributed by atoms with van der Waals surface area (Å²) in [6.45, 7) is 6.86. The van der Waals surface area contributed by atoms with Crippen LogP contribution in [0.3, 0.4) is 0 Å². The molecule has 6 amide bonds. The van der Waals surface area contributed by atoms with Gasteiger partial charge in [0.15, 0.2) is 0 Å². The van der Waals surface area contributed by atoms with Crippen molar-refractivity contribution in [3.05, 3.63) is 35.9 Å². The third-order valence-electron chi connectivity index (χ3n) is 11.1. The normalized spacial score (nSPS) is 21.0. The molecular formula is C41H60N6O8S2. The minimum atomic E-state index is -1.20. The third kappa shape index (κ3) is 12.1. The summed E-state index contributed by atoms with van der Waals surface area (Å²) in [5.41, 5.74) is 0.606. The van der Waals surface area contributed by atoms with Crippen LogP contribution in [0.25, 0.3) is 0 Å². The van der Waals surface area contributed by atoms with Crippen molar-refractivity contribution in [3.63, 3.8) is 0 Å². The van der Waals surface area contributed by atoms with Gasteiger partial charge in [-0.2, -0.15) is 0 Å². The molecule has 5 rings (SSSR count). The van der Waals surface area contributed by atoms with E-state index in [9.17, 15) is 33.6 Å². The largest absolute Gasteiger partial charge is 0.449 e. The topological polar surface area (TPSA) is 183 Å². The average molecular weight is 829 g/mol. The predicted octanol–water partition coefficient (Wildman–Crippen LogP) is 3.93. The molecule has 16 heteroatoms. The van der Waals surface area contributed by atoms with E-state index in [2.05, 4.69) is 21.3 Å². The van der Waals surface area contributed by atoms with Crippen molar-refractivity contribution in [1.82, 2.24) is 31.1 Å². The molecule has 3 heterocycles. The summed E-state index contributed by atoms with van der Waals surface area (Å²) in [6.07, 6.45) is 7.56. The number of amides is 6. The highest BCUT2D eigenvalue weighted by Crippen LogP contribution is 2.50. The number of hydrogen-bond acceptors (Lipinski definition) is 10. The maximum atomic E-state index is 14.6. The average Bonchev–Trinajstić information content (AvgIpc) is 3.89. The molecule has 1 aliphatic carbocycles. The number of rotatable bonds is 16. The molecule has 1 spiro atoms. The number of carbonyl (C=O) groups is 7. The van der Waals surface area contributed by atoms with Gasteiger partial charge < -0.3 is 35.8 Å². The van der Waals surface area contributed by atoms with Crippen molar-refractivity contribution < 1.29 is 38.3 Å². The lowest BCUT2D eigenvalue weighted by Gasteiger charge is -2.35. The molecule has 4 atom stereocenters. The Morgan fingerprint density at radius 3 is 2.19 bits per heavy atom. The van der Waals surface area contributed by atoms with E-state index in [1.165, 1.54) is 0 Å². The fourth-order valence-electron chi connectivity index (χ4n) is 8.07. The van der Waals surface area contributed by atoms with Gasteiger partial charge >= 0.3 is 6.09 Å². The van der Waals surface area contributed by atoms with Gasteiger partial charge in [-0.3, -0.25) is 28.8 Å². The van der Waals surface area contributed by atoms with Crippen molar-refractivity contribution in [2.45, 2.75) is 120 Å². The van der Waals surface area contributed by atoms with E-state index in [0.717, 1.165) is 62.9 Å². The Morgan fingerprint density at radius 2 is 1.54 bits per heavy atom. The number of carbonyl (C=O) groups excluding carboxylic acids is 7. The summed E-state index contributed by atoms with van der Waals surface area (Å²) in [5.74, 6) is -1.93. The lowest BCUT2D eigenvalue weighted by molar-refractivity contribution is -0.143. The molecule has 1 saturated carbocycles. The van der Waals surface area contributed by atoms with Gasteiger partial charge in [-0.05, 0) is 67.4 Å². The monoisotopic (exact) mass is 828 g/mol. The molecule has 0 aromatic heterocycles. The SMILES string of the molecule is CCCC(NC(=O)C1CC2(CN1C(=O)C(NC(=O)OCC(C)C)C1CCCCC1)SCCCS2)C(=O)C(=O)NCC(=O)NC(C(=O)N1CCCC1)c1ccccc1. The maximum Gasteiger partial charge on any atom is 0.407 e. The summed E-state index contributed by atoms with van der Waals surface area (Å²) in [6, 6.07) is 4.92. The number of ether oxygens (including phenoxy) is 1. The zero-order valence-electron chi connectivity index (χ0n) is 33.6. The number of ketones is 1. The molecule has 4 N–H and O–H groups in total. The van der Waals surface area contributed by atoms with Crippen molar-refractivity contribution in [2.24, 2.45) is 11.8 Å². The maximum absolute atomic E-state index is 14.6. The van der Waals surface area contributed by atoms with Crippen LogP contribution in [0.1, 0.15) is 103 Å². The Kier molecular flexibility index (Phi) is 16.5. The first-order chi connectivity index (χ1) is 27.4. The minimum Gasteiger partial charge on any atom is -0.449 e. The summed E-state index contributed by atoms with van der Waals surface area (Å²) in [7, 11) is 0. The fourth-order valence-corrected chi connectivity index (χ4v) is 11.4. The van der Waals surface area contributed by atoms with Gasteiger partial charge in [0.1, 0.15) is 18.1 Å². The standard InChI is InChI=1S/C41H60N6O8S2/c1-4-14-30(35(49)37(51)42-24-32(48)44-33(28-15-7-5-8-16-28)38(52)46-19-11-12-20-46)43-36(50)31-23-41(56-21-13-22-57-41)26-47(31)39(53)34(29-17-9-6-10-18-29)45-40(54)55-25-27(2)3/h5,7-8,15-16,27,29-31,33-34H,4,6,9-14,17-26H2,1-3H3,(H,42,51)(H,43,50)(H,44,48)(H,45,54). The Morgan fingerprint density at radius 1 is 0.860 bits per heavy atom. The number of alkyl carbamates (subject to hydrolysis) is 1. The van der Waals surface area contributed by atoms with Crippen LogP contribution in [-0.2, 0) is 33.5 Å². The van der Waals surface area contributed by atoms with Crippen LogP contribution in [0.15, 0.2) is 30.3 Å². The van der Waals surface area contributed by atoms with Gasteiger partial charge in [0.05, 0.1) is 23.3 Å². The van der Waals surface area contributed by atoms with Crippen LogP contribution in [0, 0.1) is 11.8 Å². The second-order valence-electron chi connectivity index (χ2n) is 16.0. The molecule has 3 aliphatic heterocycles. The number of nitrogens with zero attached hydrogens (tertiary/aromatic N) is 2. The highest BCUT2D eigenvalue weighted by molar-refractivity contribution is 8.18. The minimum absolute atomic E-state index is 0.110. The van der Waals surface area contributed by atoms with E-state index in [0.29, 0.717) is 38.0 Å². The van der Waals surface area contributed by atoms with Gasteiger partial charge in [0.2, 0.25) is 29.4 Å². The molecule has 14 nitrogen and oxygen atoms in total. The van der Waals surface area contributed by atoms with Crippen LogP contribution in [-0.4, -0.2) is 118 Å². The van der Waals surface area contributed by atoms with E-state index >= 15 is 0 Å². The third-order valence-corrected chi connectivity index (χ3v) is 14.4. The van der Waals surface area contributed by atoms with Crippen LogP contribution in [0.5, 0.6) is 0 Å². The Bertz CT molecular complexity index is 1580. The molecule has 4 aliphatic rings. The predicted molar refractivity (Wildman–Crippen MR) is 220 cm³/mol. The Hall–Kier alpha value is -3.79. The summed E-state index contributed by atoms with van der Waals surface area (Å²) in [4.78, 5) is 98.5. The van der Waals surface area contributed by atoms with Crippen LogP contribution >= 0.6 is 23.5 Å². The number of benzene rings is 1. The first-order valence-electron chi connectivity index (χ1n) is 20.7. The van der Waals surface area contributed by atoms with Gasteiger partial charge in [0, 0.05) is 26.1 Å². The van der Waals surface area contributed by atoms with Gasteiger partial charge in [0.25, 0.3) is 5.91 Å². The Labute approximate surface area is 344 Å². The number of likely N-dealkylation sites (tertiary alicyclic amines) is 2. The van der Waals surface area contributed by atoms with Gasteiger partial charge in [-0.15, -0.1) is 23.5 Å². The molecule has 1 aromatic carbocycles. The number of nitrogens with one attached hydrogen (secondary N) is 4. The molecule has 3 saturated heterocycles. The van der Waals surface area contributed by atoms with E-state index in [-0.39, 0.29) is 36.7 Å². The highest BCUT2D eigenvalue weighted by atomic mass is 32.2. The van der Waals surface area contributed by atoms with Crippen LogP contribution in [0.4, 0.5) is 4.79 Å². The van der Waals surface area contributed by atoms with E-state index < -0.39 is 64.4 Å². The number of Topliss-reactive ketones (excluding diaryl/α,β-unsaturated/α-hetero) is 1. The Balaban J connectivity index is 1.26. The van der Waals surface area contributed by atoms with E-state index in [1.807, 2.05) is 26.8 Å². The fraction of sp³-hybridized carbons (Fsp3) is 0.683. The van der Waals surface area contributed by atoms with E-state index in [1.54, 1.807) is 57.6 Å². The van der Waals surface area contributed by atoms with Crippen molar-refractivity contribution in [2.75, 3.05) is 44.3 Å². The molecule has 4 unspecified atom stereocenters. The second-order valence-corrected chi connectivity index (χ2v) is 19.2. The van der Waals surface area contributed by atoms with Crippen molar-refractivity contribution >= 4 is 64.9 Å². The zero-order chi connectivity index (χ0) is 41.0. The van der Waals surface area contributed by atoms with E-state index in [4.69, 9.17) is 4.74 Å². The van der Waals surface area contributed by atoms with Crippen molar-refractivity contribution in [1.29, 1.82) is 0 Å². The van der Waals surface area contributed by atoms with Crippen LogP contribution < -0.4 is 21.3 Å². The number of hydrogen-bond donors (Lipinski definition) is 4. The number of thioether (sulfide) groups is 2. The molecule has 57 heavy (non-hydrogen) atoms. The summed E-state index contributed by atoms with van der Waals surface area (Å²) < 4.78 is 5.01. The lowest BCUT2D eigenvalue weighted by atomic mass is 9.83. The highest BCUT2D eigenvalue weighted by Gasteiger charge is 2.52. The quantitative estimate of drug-likeness (QED) is 0.178. The molecule has 0 radical (unpaired) electrons.